The molecule has 0 amide bonds. The summed E-state index contributed by atoms with van der Waals surface area (Å²) in [5.41, 5.74) is 2.69. The van der Waals surface area contributed by atoms with Gasteiger partial charge < -0.3 is 5.11 Å². The zero-order chi connectivity index (χ0) is 25.6. The van der Waals surface area contributed by atoms with E-state index in [0.29, 0.717) is 5.92 Å². The highest BCUT2D eigenvalue weighted by Crippen LogP contribution is 2.43. The quantitative estimate of drug-likeness (QED) is 0.367. The molecule has 2 aromatic carbocycles. The molecule has 0 bridgehead atoms. The first-order chi connectivity index (χ1) is 16.6. The highest BCUT2D eigenvalue weighted by Gasteiger charge is 2.36. The number of carboxylic acids is 1. The number of alkyl halides is 3. The first-order valence-electron chi connectivity index (χ1n) is 12.8. The van der Waals surface area contributed by atoms with Crippen LogP contribution in [0.1, 0.15) is 93.6 Å². The van der Waals surface area contributed by atoms with Gasteiger partial charge in [-0.2, -0.15) is 13.2 Å². The van der Waals surface area contributed by atoms with Crippen LogP contribution in [0.2, 0.25) is 0 Å². The van der Waals surface area contributed by atoms with Crippen LogP contribution in [0.5, 0.6) is 0 Å². The summed E-state index contributed by atoms with van der Waals surface area (Å²) in [6, 6.07) is 14.2. The second-order valence-electron chi connectivity index (χ2n) is 10.3. The van der Waals surface area contributed by atoms with Gasteiger partial charge in [0.2, 0.25) is 0 Å². The average Bonchev–Trinajstić information content (AvgIpc) is 2.80. The molecule has 35 heavy (non-hydrogen) atoms. The van der Waals surface area contributed by atoms with Crippen molar-refractivity contribution in [2.45, 2.75) is 84.0 Å². The number of rotatable bonds is 10. The van der Waals surface area contributed by atoms with Gasteiger partial charge in [-0.15, -0.1) is 0 Å². The second-order valence-corrected chi connectivity index (χ2v) is 10.3. The molecule has 0 saturated carbocycles. The Balaban J connectivity index is 1.96. The minimum atomic E-state index is -4.36. The van der Waals surface area contributed by atoms with Gasteiger partial charge in [-0.1, -0.05) is 63.6 Å². The number of hydrogen-bond acceptors (Lipinski definition) is 2. The molecule has 1 aliphatic heterocycles. The van der Waals surface area contributed by atoms with Crippen LogP contribution in [0.3, 0.4) is 0 Å². The van der Waals surface area contributed by atoms with Gasteiger partial charge in [0.1, 0.15) is 0 Å². The lowest BCUT2D eigenvalue weighted by molar-refractivity contribution is -0.139. The molecule has 0 aromatic heterocycles. The summed E-state index contributed by atoms with van der Waals surface area (Å²) in [6.45, 7) is 7.19. The Kier molecular flexibility index (Phi) is 9.40. The summed E-state index contributed by atoms with van der Waals surface area (Å²) in [6.07, 6.45) is 1.19. The van der Waals surface area contributed by atoms with E-state index >= 15 is 0 Å². The molecule has 0 spiro atoms. The van der Waals surface area contributed by atoms with Crippen molar-refractivity contribution >= 4 is 5.97 Å². The maximum Gasteiger partial charge on any atom is 0.416 e. The molecule has 2 aromatic rings. The van der Waals surface area contributed by atoms with Crippen molar-refractivity contribution in [2.24, 2.45) is 11.8 Å². The van der Waals surface area contributed by atoms with Gasteiger partial charge >= 0.3 is 12.1 Å². The Morgan fingerprint density at radius 2 is 1.71 bits per heavy atom. The Labute approximate surface area is 207 Å². The van der Waals surface area contributed by atoms with Gasteiger partial charge in [0.25, 0.3) is 0 Å². The maximum atomic E-state index is 13.2. The minimum Gasteiger partial charge on any atom is -0.481 e. The topological polar surface area (TPSA) is 40.5 Å². The average molecular weight is 490 g/mol. The van der Waals surface area contributed by atoms with Crippen LogP contribution in [-0.2, 0) is 17.4 Å². The normalized spacial score (nSPS) is 20.2. The van der Waals surface area contributed by atoms with Crippen molar-refractivity contribution in [1.82, 2.24) is 4.90 Å². The summed E-state index contributed by atoms with van der Waals surface area (Å²) in [4.78, 5) is 13.9. The van der Waals surface area contributed by atoms with Gasteiger partial charge in [-0.25, -0.2) is 0 Å². The zero-order valence-electron chi connectivity index (χ0n) is 21.0. The largest absolute Gasteiger partial charge is 0.481 e. The molecule has 2 unspecified atom stereocenters. The first-order valence-corrected chi connectivity index (χ1v) is 12.8. The van der Waals surface area contributed by atoms with Crippen molar-refractivity contribution in [3.05, 3.63) is 70.8 Å². The summed E-state index contributed by atoms with van der Waals surface area (Å²) in [5, 5.41) is 9.40. The van der Waals surface area contributed by atoms with Gasteiger partial charge in [0, 0.05) is 18.5 Å². The Hall–Kier alpha value is -2.34. The third-order valence-corrected chi connectivity index (χ3v) is 7.16. The standard InChI is InChI=1S/C29H38F3NO2/c1-4-5-21-7-9-24(10-8-21)27-18-22(19-28(34)35)16-17-33(27)26(15-6-20(2)3)23-11-13-25(14-12-23)29(30,31)32/h7-14,20,22,26-27H,4-6,15-19H2,1-3H3,(H,34,35)/t22?,26-,27?/m1/s1. The van der Waals surface area contributed by atoms with E-state index in [2.05, 4.69) is 49.9 Å². The van der Waals surface area contributed by atoms with Crippen LogP contribution in [0.15, 0.2) is 48.5 Å². The number of aryl methyl sites for hydroxylation is 1. The van der Waals surface area contributed by atoms with E-state index < -0.39 is 17.7 Å². The maximum absolute atomic E-state index is 13.2. The number of halogens is 3. The molecule has 6 heteroatoms. The number of carboxylic acid groups (broad SMARTS) is 1. The molecule has 1 fully saturated rings. The minimum absolute atomic E-state index is 0.0224. The first kappa shape index (κ1) is 27.3. The molecule has 1 aliphatic rings. The van der Waals surface area contributed by atoms with Crippen molar-refractivity contribution in [2.75, 3.05) is 6.54 Å². The number of piperidine rings is 1. The van der Waals surface area contributed by atoms with Crippen LogP contribution in [0.25, 0.3) is 0 Å². The van der Waals surface area contributed by atoms with Crippen LogP contribution < -0.4 is 0 Å². The predicted octanol–water partition coefficient (Wildman–Crippen LogP) is 8.06. The highest BCUT2D eigenvalue weighted by atomic mass is 19.4. The fraction of sp³-hybridized carbons (Fsp3) is 0.552. The van der Waals surface area contributed by atoms with E-state index in [-0.39, 0.29) is 24.4 Å². The Bertz CT molecular complexity index is 938. The van der Waals surface area contributed by atoms with Crippen molar-refractivity contribution < 1.29 is 23.1 Å². The molecule has 3 rings (SSSR count). The van der Waals surface area contributed by atoms with Gasteiger partial charge in [-0.3, -0.25) is 9.69 Å². The van der Waals surface area contributed by atoms with E-state index in [1.165, 1.54) is 17.7 Å². The van der Waals surface area contributed by atoms with Crippen LogP contribution in [0.4, 0.5) is 13.2 Å². The summed E-state index contributed by atoms with van der Waals surface area (Å²) >= 11 is 0. The number of carbonyl (C=O) groups is 1. The van der Waals surface area contributed by atoms with E-state index in [1.807, 2.05) is 0 Å². The van der Waals surface area contributed by atoms with E-state index in [1.54, 1.807) is 12.1 Å². The predicted molar refractivity (Wildman–Crippen MR) is 133 cm³/mol. The fourth-order valence-corrected chi connectivity index (χ4v) is 5.29. The summed E-state index contributed by atoms with van der Waals surface area (Å²) < 4.78 is 39.6. The lowest BCUT2D eigenvalue weighted by Crippen LogP contribution is -2.40. The highest BCUT2D eigenvalue weighted by molar-refractivity contribution is 5.67. The third-order valence-electron chi connectivity index (χ3n) is 7.16. The van der Waals surface area contributed by atoms with Gasteiger partial charge in [0.15, 0.2) is 0 Å². The van der Waals surface area contributed by atoms with Crippen LogP contribution in [-0.4, -0.2) is 22.5 Å². The summed E-state index contributed by atoms with van der Waals surface area (Å²) in [7, 11) is 0. The van der Waals surface area contributed by atoms with E-state index in [9.17, 15) is 23.1 Å². The van der Waals surface area contributed by atoms with Gasteiger partial charge in [0.05, 0.1) is 5.56 Å². The Morgan fingerprint density at radius 3 is 2.26 bits per heavy atom. The number of nitrogens with zero attached hydrogens (tertiary/aromatic N) is 1. The molecule has 1 heterocycles. The van der Waals surface area contributed by atoms with E-state index in [4.69, 9.17) is 0 Å². The van der Waals surface area contributed by atoms with Crippen LogP contribution in [0, 0.1) is 11.8 Å². The fourth-order valence-electron chi connectivity index (χ4n) is 5.29. The Morgan fingerprint density at radius 1 is 1.06 bits per heavy atom. The van der Waals surface area contributed by atoms with Gasteiger partial charge in [-0.05, 0) is 79.3 Å². The molecule has 3 atom stereocenters. The van der Waals surface area contributed by atoms with Crippen molar-refractivity contribution in [3.8, 4) is 0 Å². The van der Waals surface area contributed by atoms with Crippen molar-refractivity contribution in [1.29, 1.82) is 0 Å². The SMILES string of the molecule is CCCc1ccc(C2CC(CC(=O)O)CCN2[C@H](CCC(C)C)c2ccc(C(F)(F)F)cc2)cc1. The van der Waals surface area contributed by atoms with Crippen molar-refractivity contribution in [3.63, 3.8) is 0 Å². The lowest BCUT2D eigenvalue weighted by Gasteiger charge is -2.44. The molecular weight excluding hydrogens is 451 g/mol. The van der Waals surface area contributed by atoms with Crippen LogP contribution >= 0.6 is 0 Å². The molecule has 1 N–H and O–H groups in total. The second kappa shape index (κ2) is 12.1. The number of benzene rings is 2. The summed E-state index contributed by atoms with van der Waals surface area (Å²) in [5.74, 6) is -0.217. The molecule has 3 nitrogen and oxygen atoms in total. The smallest absolute Gasteiger partial charge is 0.416 e. The number of likely N-dealkylation sites (tertiary alicyclic amines) is 1. The molecule has 1 saturated heterocycles. The zero-order valence-corrected chi connectivity index (χ0v) is 21.0. The lowest BCUT2D eigenvalue weighted by atomic mass is 9.82. The molecule has 192 valence electrons. The molecule has 0 radical (unpaired) electrons. The third kappa shape index (κ3) is 7.57. The van der Waals surface area contributed by atoms with E-state index in [0.717, 1.165) is 56.2 Å². The molecule has 0 aliphatic carbocycles. The monoisotopic (exact) mass is 489 g/mol. The molecular formula is C29H38F3NO2. The number of hydrogen-bond donors (Lipinski definition) is 1. The number of aliphatic carboxylic acids is 1.